The van der Waals surface area contributed by atoms with Crippen LogP contribution in [0.2, 0.25) is 0 Å². The minimum atomic E-state index is -0.849. The van der Waals surface area contributed by atoms with E-state index < -0.39 is 27.3 Å². The summed E-state index contributed by atoms with van der Waals surface area (Å²) in [7, 11) is 0. The van der Waals surface area contributed by atoms with Crippen LogP contribution in [-0.2, 0) is 4.74 Å². The molecule has 0 spiro atoms. The lowest BCUT2D eigenvalue weighted by Crippen LogP contribution is -2.17. The van der Waals surface area contributed by atoms with Crippen LogP contribution in [0.3, 0.4) is 0 Å². The maximum atomic E-state index is 11.8. The zero-order chi connectivity index (χ0) is 18.4. The number of nitro benzene ring substituents is 2. The summed E-state index contributed by atoms with van der Waals surface area (Å²) < 4.78 is 5.07. The number of non-ortho nitro benzene ring substituents is 2. The lowest BCUT2D eigenvalue weighted by Gasteiger charge is -2.13. The molecule has 2 rings (SSSR count). The van der Waals surface area contributed by atoms with E-state index in [1.165, 1.54) is 0 Å². The number of hydrogen-bond donors (Lipinski definition) is 1. The molecule has 2 aromatic carbocycles. The minimum Gasteiger partial charge on any atom is -0.449 e. The summed E-state index contributed by atoms with van der Waals surface area (Å²) in [5, 5.41) is 23.9. The van der Waals surface area contributed by atoms with E-state index in [2.05, 4.69) is 5.32 Å². The molecule has 1 N–H and O–H groups in total. The normalized spacial score (nSPS) is 11.4. The Kier molecular flexibility index (Phi) is 5.62. The molecule has 0 heterocycles. The lowest BCUT2D eigenvalue weighted by molar-refractivity contribution is -0.394. The van der Waals surface area contributed by atoms with Crippen LogP contribution in [0.1, 0.15) is 18.4 Å². The molecule has 25 heavy (non-hydrogen) atoms. The molecule has 0 radical (unpaired) electrons. The highest BCUT2D eigenvalue weighted by molar-refractivity contribution is 5.85. The molecular formula is C16H15N3O6. The summed E-state index contributed by atoms with van der Waals surface area (Å²) in [4.78, 5) is 31.9. The van der Waals surface area contributed by atoms with Gasteiger partial charge in [0.15, 0.2) is 0 Å². The molecule has 9 nitrogen and oxygen atoms in total. The number of anilines is 1. The Hall–Kier alpha value is -3.49. The molecule has 0 unspecified atom stereocenters. The highest BCUT2D eigenvalue weighted by atomic mass is 16.6. The Bertz CT molecular complexity index is 761. The second-order valence-corrected chi connectivity index (χ2v) is 5.29. The van der Waals surface area contributed by atoms with Gasteiger partial charge in [-0.15, -0.1) is 0 Å². The lowest BCUT2D eigenvalue weighted by atomic mass is 10.0. The quantitative estimate of drug-likeness (QED) is 0.626. The van der Waals surface area contributed by atoms with Gasteiger partial charge < -0.3 is 4.74 Å². The largest absolute Gasteiger partial charge is 0.449 e. The molecular weight excluding hydrogens is 330 g/mol. The molecule has 0 saturated carbocycles. The van der Waals surface area contributed by atoms with E-state index in [0.717, 1.165) is 23.8 Å². The Morgan fingerprint density at radius 3 is 2.16 bits per heavy atom. The second kappa shape index (κ2) is 7.86. The molecule has 0 aliphatic carbocycles. The van der Waals surface area contributed by atoms with Crippen LogP contribution in [-0.4, -0.2) is 22.5 Å². The third kappa shape index (κ3) is 4.99. The number of rotatable bonds is 6. The maximum Gasteiger partial charge on any atom is 0.411 e. The van der Waals surface area contributed by atoms with Crippen LogP contribution in [0.15, 0.2) is 48.5 Å². The molecule has 0 bridgehead atoms. The van der Waals surface area contributed by atoms with Crippen molar-refractivity contribution in [3.63, 3.8) is 0 Å². The number of nitrogens with zero attached hydrogens (tertiary/aromatic N) is 2. The molecule has 130 valence electrons. The maximum absolute atomic E-state index is 11.8. The van der Waals surface area contributed by atoms with Crippen LogP contribution in [0, 0.1) is 20.2 Å². The average molecular weight is 345 g/mol. The van der Waals surface area contributed by atoms with Gasteiger partial charge in [-0.05, 0) is 5.56 Å². The summed E-state index contributed by atoms with van der Waals surface area (Å²) in [6, 6.07) is 12.3. The number of carbonyl (C=O) groups is 1. The fraction of sp³-hybridized carbons (Fsp3) is 0.188. The molecule has 1 atom stereocenters. The zero-order valence-corrected chi connectivity index (χ0v) is 13.2. The first kappa shape index (κ1) is 17.9. The van der Waals surface area contributed by atoms with Gasteiger partial charge in [0.1, 0.15) is 0 Å². The third-order valence-electron chi connectivity index (χ3n) is 3.40. The SMILES string of the molecule is C[C@@H](COC(=O)Nc1cc([N+](=O)[O-])cc([N+](=O)[O-])c1)c1ccccc1. The Labute approximate surface area is 142 Å². The van der Waals surface area contributed by atoms with Crippen molar-refractivity contribution in [1.82, 2.24) is 0 Å². The first-order chi connectivity index (χ1) is 11.9. The van der Waals surface area contributed by atoms with Crippen molar-refractivity contribution >= 4 is 23.2 Å². The Balaban J connectivity index is 2.02. The highest BCUT2D eigenvalue weighted by Gasteiger charge is 2.18. The number of amides is 1. The molecule has 0 fully saturated rings. The average Bonchev–Trinajstić information content (AvgIpc) is 2.60. The third-order valence-corrected chi connectivity index (χ3v) is 3.40. The van der Waals surface area contributed by atoms with Crippen LogP contribution in [0.4, 0.5) is 21.9 Å². The number of benzene rings is 2. The standard InChI is InChI=1S/C16H15N3O6/c1-11(12-5-3-2-4-6-12)10-25-16(20)17-13-7-14(18(21)22)9-15(8-13)19(23)24/h2-9,11H,10H2,1H3,(H,17,20)/t11-/m0/s1. The summed E-state index contributed by atoms with van der Waals surface area (Å²) in [6.45, 7) is 1.97. The van der Waals surface area contributed by atoms with Crippen LogP contribution in [0.25, 0.3) is 0 Å². The van der Waals surface area contributed by atoms with Gasteiger partial charge in [-0.3, -0.25) is 25.5 Å². The summed E-state index contributed by atoms with van der Waals surface area (Å²) in [5.41, 5.74) is -0.0936. The van der Waals surface area contributed by atoms with Crippen molar-refractivity contribution in [3.05, 3.63) is 74.3 Å². The molecule has 9 heteroatoms. The molecule has 2 aromatic rings. The Morgan fingerprint density at radius 2 is 1.64 bits per heavy atom. The van der Waals surface area contributed by atoms with Crippen LogP contribution < -0.4 is 5.32 Å². The Morgan fingerprint density at radius 1 is 1.08 bits per heavy atom. The molecule has 1 amide bonds. The summed E-state index contributed by atoms with van der Waals surface area (Å²) in [6.07, 6.45) is -0.849. The first-order valence-electron chi connectivity index (χ1n) is 7.29. The second-order valence-electron chi connectivity index (χ2n) is 5.29. The fourth-order valence-corrected chi connectivity index (χ4v) is 2.11. The topological polar surface area (TPSA) is 125 Å². The van der Waals surface area contributed by atoms with Crippen molar-refractivity contribution in [2.75, 3.05) is 11.9 Å². The molecule has 0 aromatic heterocycles. The predicted molar refractivity (Wildman–Crippen MR) is 89.6 cm³/mol. The molecule has 0 saturated heterocycles. The van der Waals surface area contributed by atoms with Gasteiger partial charge in [-0.25, -0.2) is 4.79 Å². The van der Waals surface area contributed by atoms with Crippen molar-refractivity contribution in [3.8, 4) is 0 Å². The van der Waals surface area contributed by atoms with Gasteiger partial charge >= 0.3 is 6.09 Å². The molecule has 0 aliphatic rings. The van der Waals surface area contributed by atoms with Gasteiger partial charge in [0.05, 0.1) is 28.2 Å². The van der Waals surface area contributed by atoms with E-state index in [0.29, 0.717) is 0 Å². The van der Waals surface area contributed by atoms with Gasteiger partial charge in [-0.1, -0.05) is 37.3 Å². The summed E-state index contributed by atoms with van der Waals surface area (Å²) >= 11 is 0. The fourth-order valence-electron chi connectivity index (χ4n) is 2.11. The monoisotopic (exact) mass is 345 g/mol. The van der Waals surface area contributed by atoms with Crippen LogP contribution >= 0.6 is 0 Å². The predicted octanol–water partition coefficient (Wildman–Crippen LogP) is 3.86. The van der Waals surface area contributed by atoms with Crippen molar-refractivity contribution in [2.24, 2.45) is 0 Å². The van der Waals surface area contributed by atoms with Crippen molar-refractivity contribution in [2.45, 2.75) is 12.8 Å². The number of nitro groups is 2. The zero-order valence-electron chi connectivity index (χ0n) is 13.2. The summed E-state index contributed by atoms with van der Waals surface area (Å²) in [5.74, 6) is -0.0496. The molecule has 0 aliphatic heterocycles. The smallest absolute Gasteiger partial charge is 0.411 e. The van der Waals surface area contributed by atoms with E-state index >= 15 is 0 Å². The van der Waals surface area contributed by atoms with Crippen molar-refractivity contribution < 1.29 is 19.4 Å². The number of carbonyl (C=O) groups excluding carboxylic acids is 1. The van der Waals surface area contributed by atoms with E-state index in [1.807, 2.05) is 37.3 Å². The highest BCUT2D eigenvalue weighted by Crippen LogP contribution is 2.26. The van der Waals surface area contributed by atoms with E-state index in [-0.39, 0.29) is 18.2 Å². The van der Waals surface area contributed by atoms with Gasteiger partial charge in [-0.2, -0.15) is 0 Å². The minimum absolute atomic E-state index is 0.0496. The van der Waals surface area contributed by atoms with Gasteiger partial charge in [0, 0.05) is 18.1 Å². The number of hydrogen-bond acceptors (Lipinski definition) is 6. The van der Waals surface area contributed by atoms with Gasteiger partial charge in [0.25, 0.3) is 11.4 Å². The van der Waals surface area contributed by atoms with E-state index in [4.69, 9.17) is 4.74 Å². The van der Waals surface area contributed by atoms with E-state index in [1.54, 1.807) is 0 Å². The first-order valence-corrected chi connectivity index (χ1v) is 7.29. The number of nitrogens with one attached hydrogen (secondary N) is 1. The van der Waals surface area contributed by atoms with Crippen molar-refractivity contribution in [1.29, 1.82) is 0 Å². The van der Waals surface area contributed by atoms with Crippen LogP contribution in [0.5, 0.6) is 0 Å². The van der Waals surface area contributed by atoms with Gasteiger partial charge in [0.2, 0.25) is 0 Å². The number of ether oxygens (including phenoxy) is 1. The van der Waals surface area contributed by atoms with E-state index in [9.17, 15) is 25.0 Å².